The summed E-state index contributed by atoms with van der Waals surface area (Å²) in [5, 5.41) is 27.6. The maximum Gasteiger partial charge on any atom is 0.235 e. The van der Waals surface area contributed by atoms with Crippen LogP contribution in [0.2, 0.25) is 0 Å². The van der Waals surface area contributed by atoms with Gasteiger partial charge in [-0.25, -0.2) is 4.98 Å². The second kappa shape index (κ2) is 11.7. The van der Waals surface area contributed by atoms with Crippen molar-refractivity contribution in [1.29, 1.82) is 10.7 Å². The van der Waals surface area contributed by atoms with E-state index in [4.69, 9.17) is 16.9 Å². The van der Waals surface area contributed by atoms with E-state index < -0.39 is 5.41 Å². The quantitative estimate of drug-likeness (QED) is 0.182. The third kappa shape index (κ3) is 5.98. The minimum absolute atomic E-state index is 0.122. The van der Waals surface area contributed by atoms with Crippen LogP contribution in [0.15, 0.2) is 58.8 Å². The number of hydrogen-bond acceptors (Lipinski definition) is 8. The van der Waals surface area contributed by atoms with Crippen molar-refractivity contribution in [2.24, 2.45) is 16.9 Å². The summed E-state index contributed by atoms with van der Waals surface area (Å²) in [4.78, 5) is 18.2. The maximum atomic E-state index is 13.7. The van der Waals surface area contributed by atoms with Gasteiger partial charge in [-0.1, -0.05) is 17.7 Å². The Kier molecular flexibility index (Phi) is 8.69. The van der Waals surface area contributed by atoms with Gasteiger partial charge in [0, 0.05) is 31.5 Å². The Hall–Kier alpha value is -4.16. The van der Waals surface area contributed by atoms with Gasteiger partial charge in [-0.2, -0.15) is 5.26 Å². The number of nitrogens with two attached hydrogens (primary N) is 2. The lowest BCUT2D eigenvalue weighted by atomic mass is 9.68. The number of benzene rings is 1. The summed E-state index contributed by atoms with van der Waals surface area (Å²) in [7, 11) is 1.85. The molecular weight excluding hydrogens is 464 g/mol. The van der Waals surface area contributed by atoms with E-state index in [0.29, 0.717) is 47.9 Å². The number of carbonyl (C=O) groups is 1. The second-order valence-corrected chi connectivity index (χ2v) is 9.51. The van der Waals surface area contributed by atoms with Crippen LogP contribution in [0.25, 0.3) is 11.1 Å². The number of rotatable bonds is 8. The summed E-state index contributed by atoms with van der Waals surface area (Å²) in [5.74, 6) is 0.0742. The smallest absolute Gasteiger partial charge is 0.235 e. The van der Waals surface area contributed by atoms with Crippen molar-refractivity contribution in [3.8, 4) is 17.2 Å². The van der Waals surface area contributed by atoms with Crippen LogP contribution in [-0.4, -0.2) is 36.9 Å². The largest absolute Gasteiger partial charge is 0.401 e. The number of amides is 1. The molecule has 1 aliphatic rings. The summed E-state index contributed by atoms with van der Waals surface area (Å²) < 4.78 is 0. The average Bonchev–Trinajstić information content (AvgIpc) is 2.89. The van der Waals surface area contributed by atoms with Crippen LogP contribution < -0.4 is 27.4 Å². The first-order chi connectivity index (χ1) is 17.6. The van der Waals surface area contributed by atoms with Crippen LogP contribution in [0.3, 0.4) is 0 Å². The lowest BCUT2D eigenvalue weighted by Gasteiger charge is -2.36. The van der Waals surface area contributed by atoms with Crippen molar-refractivity contribution in [3.05, 3.63) is 64.5 Å². The zero-order valence-corrected chi connectivity index (χ0v) is 22.0. The van der Waals surface area contributed by atoms with Gasteiger partial charge in [0.1, 0.15) is 17.6 Å². The fraction of sp³-hybridized carbons (Fsp3) is 0.357. The molecule has 9 heteroatoms. The van der Waals surface area contributed by atoms with Gasteiger partial charge in [-0.3, -0.25) is 10.2 Å². The minimum Gasteiger partial charge on any atom is -0.401 e. The molecule has 1 amide bonds. The van der Waals surface area contributed by atoms with Crippen molar-refractivity contribution >= 4 is 23.2 Å². The van der Waals surface area contributed by atoms with E-state index in [1.807, 2.05) is 51.2 Å². The number of amidine groups is 1. The van der Waals surface area contributed by atoms with Crippen molar-refractivity contribution in [3.63, 3.8) is 0 Å². The van der Waals surface area contributed by atoms with Crippen LogP contribution >= 0.6 is 0 Å². The van der Waals surface area contributed by atoms with Gasteiger partial charge in [0.05, 0.1) is 11.0 Å². The van der Waals surface area contributed by atoms with Gasteiger partial charge in [0.25, 0.3) is 0 Å². The monoisotopic (exact) mass is 500 g/mol. The molecule has 3 rings (SSSR count). The molecule has 0 bridgehead atoms. The highest BCUT2D eigenvalue weighted by atomic mass is 16.2. The van der Waals surface area contributed by atoms with Crippen molar-refractivity contribution in [2.45, 2.75) is 40.0 Å². The third-order valence-corrected chi connectivity index (χ3v) is 6.72. The van der Waals surface area contributed by atoms with Crippen LogP contribution in [0.5, 0.6) is 0 Å². The van der Waals surface area contributed by atoms with Gasteiger partial charge in [-0.05, 0) is 81.0 Å². The number of nitriles is 1. The van der Waals surface area contributed by atoms with Gasteiger partial charge in [0.15, 0.2) is 5.84 Å². The summed E-state index contributed by atoms with van der Waals surface area (Å²) in [6.45, 7) is 6.36. The van der Waals surface area contributed by atoms with Crippen molar-refractivity contribution in [1.82, 2.24) is 10.3 Å². The number of allylic oxidation sites excluding steroid dienone is 3. The molecule has 0 saturated carbocycles. The molecule has 0 saturated heterocycles. The molecule has 1 aromatic carbocycles. The van der Waals surface area contributed by atoms with Crippen molar-refractivity contribution in [2.75, 3.05) is 30.8 Å². The number of aromatic nitrogens is 1. The highest BCUT2D eigenvalue weighted by Gasteiger charge is 2.42. The zero-order chi connectivity index (χ0) is 27.2. The molecule has 9 nitrogen and oxygen atoms in total. The van der Waals surface area contributed by atoms with Crippen LogP contribution in [-0.2, 0) is 4.79 Å². The zero-order valence-electron chi connectivity index (χ0n) is 22.0. The van der Waals surface area contributed by atoms with Crippen LogP contribution in [0, 0.1) is 22.2 Å². The molecule has 0 fully saturated rings. The maximum absolute atomic E-state index is 13.7. The minimum atomic E-state index is -1.00. The molecule has 37 heavy (non-hydrogen) atoms. The van der Waals surface area contributed by atoms with Crippen molar-refractivity contribution < 1.29 is 4.79 Å². The van der Waals surface area contributed by atoms with Gasteiger partial charge in [0.2, 0.25) is 5.91 Å². The molecule has 194 valence electrons. The summed E-state index contributed by atoms with van der Waals surface area (Å²) in [5.41, 5.74) is 16.1. The lowest BCUT2D eigenvalue weighted by molar-refractivity contribution is -0.127. The Morgan fingerprint density at radius 3 is 2.68 bits per heavy atom. The van der Waals surface area contributed by atoms with Crippen LogP contribution in [0.1, 0.15) is 45.7 Å². The standard InChI is InChI=1S/C28H36N8O/c1-17-7-6-10-28(3,25(17)22(16-30)18(2)31)27(37)36-26(32)23-14-20(15-24(35-23)34-12-11-29)19-8-5-9-21(13-19)33-4/h5,8-9,13-15,33H,6-7,10-12,29,31H2,1-4H3,(H,34,35)(H2,32,36,37)/b22-18+. The Morgan fingerprint density at radius 1 is 1.27 bits per heavy atom. The number of carbonyl (C=O) groups excluding carboxylic acids is 1. The Balaban J connectivity index is 1.99. The fourth-order valence-electron chi connectivity index (χ4n) is 4.77. The summed E-state index contributed by atoms with van der Waals surface area (Å²) >= 11 is 0. The van der Waals surface area contributed by atoms with E-state index in [0.717, 1.165) is 35.2 Å². The van der Waals surface area contributed by atoms with Gasteiger partial charge >= 0.3 is 0 Å². The highest BCUT2D eigenvalue weighted by molar-refractivity contribution is 6.08. The summed E-state index contributed by atoms with van der Waals surface area (Å²) in [6.07, 6.45) is 2.14. The van der Waals surface area contributed by atoms with E-state index >= 15 is 0 Å². The average molecular weight is 501 g/mol. The van der Waals surface area contributed by atoms with E-state index in [9.17, 15) is 10.1 Å². The predicted molar refractivity (Wildman–Crippen MR) is 149 cm³/mol. The molecule has 1 aliphatic carbocycles. The van der Waals surface area contributed by atoms with E-state index in [1.54, 1.807) is 13.0 Å². The van der Waals surface area contributed by atoms with Gasteiger partial charge in [-0.15, -0.1) is 0 Å². The topological polar surface area (TPSA) is 166 Å². The SMILES string of the molecule is CNc1cccc(-c2cc(NCCN)nc(C(=N)NC(=O)C3(C)CCCC(C)=C3/C(C#N)=C(\C)N)c2)c1. The van der Waals surface area contributed by atoms with E-state index in [2.05, 4.69) is 27.0 Å². The molecule has 1 unspecified atom stereocenters. The fourth-order valence-corrected chi connectivity index (χ4v) is 4.77. The first-order valence-corrected chi connectivity index (χ1v) is 12.4. The lowest BCUT2D eigenvalue weighted by Crippen LogP contribution is -2.45. The number of hydrogen-bond donors (Lipinski definition) is 6. The number of nitrogens with zero attached hydrogens (tertiary/aromatic N) is 2. The first-order valence-electron chi connectivity index (χ1n) is 12.4. The van der Waals surface area contributed by atoms with E-state index in [-0.39, 0.29) is 11.7 Å². The Labute approximate surface area is 218 Å². The molecule has 1 atom stereocenters. The molecule has 8 N–H and O–H groups in total. The van der Waals surface area contributed by atoms with E-state index in [1.165, 1.54) is 0 Å². The molecule has 0 radical (unpaired) electrons. The number of pyridine rings is 1. The highest BCUT2D eigenvalue weighted by Crippen LogP contribution is 2.44. The van der Waals surface area contributed by atoms with Gasteiger partial charge < -0.3 is 27.4 Å². The first kappa shape index (κ1) is 27.4. The third-order valence-electron chi connectivity index (χ3n) is 6.72. The summed E-state index contributed by atoms with van der Waals surface area (Å²) in [6, 6.07) is 13.7. The Morgan fingerprint density at radius 2 is 2.03 bits per heavy atom. The predicted octanol–water partition coefficient (Wildman–Crippen LogP) is 3.87. The molecular formula is C28H36N8O. The normalized spacial score (nSPS) is 17.9. The molecule has 2 aromatic rings. The number of nitrogens with one attached hydrogen (secondary N) is 4. The molecule has 1 aromatic heterocycles. The Bertz CT molecular complexity index is 1300. The number of anilines is 2. The second-order valence-electron chi connectivity index (χ2n) is 9.51. The molecule has 1 heterocycles. The molecule has 0 aliphatic heterocycles. The van der Waals surface area contributed by atoms with Crippen LogP contribution in [0.4, 0.5) is 11.5 Å². The molecule has 0 spiro atoms.